The van der Waals surface area contributed by atoms with Gasteiger partial charge in [-0.1, -0.05) is 20.8 Å². The van der Waals surface area contributed by atoms with Crippen LogP contribution in [0.3, 0.4) is 0 Å². The number of carbonyl (C=O) groups excluding carboxylic acids is 3. The molecule has 0 saturated heterocycles. The first-order chi connectivity index (χ1) is 6.79. The maximum absolute atomic E-state index is 11.3. The predicted octanol–water partition coefficient (Wildman–Crippen LogP) is 1.09. The Balaban J connectivity index is 4.37. The fourth-order valence-corrected chi connectivity index (χ4v) is 1.35. The van der Waals surface area contributed by atoms with Gasteiger partial charge in [-0.25, -0.2) is 0 Å². The Hall–Kier alpha value is -1.19. The van der Waals surface area contributed by atoms with Crippen molar-refractivity contribution in [3.63, 3.8) is 0 Å². The second-order valence-corrected chi connectivity index (χ2v) is 4.68. The SMILES string of the molecule is CC(=O)C(NC(=O)CCC=O)C(C)(C)C. The van der Waals surface area contributed by atoms with Gasteiger partial charge in [0.2, 0.25) is 5.91 Å². The summed E-state index contributed by atoms with van der Waals surface area (Å²) in [5, 5.41) is 2.64. The van der Waals surface area contributed by atoms with Crippen molar-refractivity contribution in [3.05, 3.63) is 0 Å². The van der Waals surface area contributed by atoms with Crippen molar-refractivity contribution in [3.8, 4) is 0 Å². The second-order valence-electron chi connectivity index (χ2n) is 4.68. The number of hydrogen-bond donors (Lipinski definition) is 1. The molecule has 0 saturated carbocycles. The molecule has 0 aliphatic rings. The van der Waals surface area contributed by atoms with Crippen LogP contribution in [0.2, 0.25) is 0 Å². The number of aldehydes is 1. The summed E-state index contributed by atoms with van der Waals surface area (Å²) in [7, 11) is 0. The van der Waals surface area contributed by atoms with Crippen LogP contribution in [0.5, 0.6) is 0 Å². The maximum atomic E-state index is 11.3. The molecule has 15 heavy (non-hydrogen) atoms. The summed E-state index contributed by atoms with van der Waals surface area (Å²) in [6.07, 6.45) is 1.03. The molecule has 0 fully saturated rings. The molecule has 0 aromatic carbocycles. The number of hydrogen-bond acceptors (Lipinski definition) is 3. The summed E-state index contributed by atoms with van der Waals surface area (Å²) in [4.78, 5) is 32.7. The lowest BCUT2D eigenvalue weighted by Gasteiger charge is -2.29. The van der Waals surface area contributed by atoms with Crippen LogP contribution < -0.4 is 5.32 Å². The molecule has 0 radical (unpaired) electrons. The van der Waals surface area contributed by atoms with E-state index in [1.54, 1.807) is 0 Å². The number of amides is 1. The van der Waals surface area contributed by atoms with Gasteiger partial charge in [0.1, 0.15) is 6.29 Å². The van der Waals surface area contributed by atoms with E-state index < -0.39 is 6.04 Å². The predicted molar refractivity (Wildman–Crippen MR) is 57.4 cm³/mol. The Morgan fingerprint density at radius 3 is 2.20 bits per heavy atom. The molecule has 0 aromatic heterocycles. The first-order valence-corrected chi connectivity index (χ1v) is 5.02. The summed E-state index contributed by atoms with van der Waals surface area (Å²) >= 11 is 0. The van der Waals surface area contributed by atoms with E-state index in [1.165, 1.54) is 6.92 Å². The van der Waals surface area contributed by atoms with Crippen LogP contribution in [0, 0.1) is 5.41 Å². The molecular formula is C11H19NO3. The monoisotopic (exact) mass is 213 g/mol. The van der Waals surface area contributed by atoms with Crippen molar-refractivity contribution in [2.75, 3.05) is 0 Å². The van der Waals surface area contributed by atoms with E-state index in [4.69, 9.17) is 0 Å². The van der Waals surface area contributed by atoms with Gasteiger partial charge in [-0.3, -0.25) is 9.59 Å². The largest absolute Gasteiger partial charge is 0.346 e. The average Bonchev–Trinajstić information content (AvgIpc) is 2.08. The van der Waals surface area contributed by atoms with Crippen molar-refractivity contribution < 1.29 is 14.4 Å². The third kappa shape index (κ3) is 5.30. The highest BCUT2D eigenvalue weighted by Crippen LogP contribution is 2.19. The van der Waals surface area contributed by atoms with E-state index in [1.807, 2.05) is 20.8 Å². The minimum Gasteiger partial charge on any atom is -0.346 e. The highest BCUT2D eigenvalue weighted by Gasteiger charge is 2.29. The quantitative estimate of drug-likeness (QED) is 0.695. The van der Waals surface area contributed by atoms with Crippen LogP contribution in [0.25, 0.3) is 0 Å². The molecule has 0 aliphatic carbocycles. The molecular weight excluding hydrogens is 194 g/mol. The Morgan fingerprint density at radius 1 is 1.33 bits per heavy atom. The summed E-state index contributed by atoms with van der Waals surface area (Å²) in [5.41, 5.74) is -0.303. The molecule has 4 nitrogen and oxygen atoms in total. The van der Waals surface area contributed by atoms with Gasteiger partial charge in [0, 0.05) is 12.8 Å². The third-order valence-corrected chi connectivity index (χ3v) is 2.07. The van der Waals surface area contributed by atoms with E-state index in [0.29, 0.717) is 6.29 Å². The van der Waals surface area contributed by atoms with E-state index in [-0.39, 0.29) is 29.9 Å². The molecule has 1 N–H and O–H groups in total. The fraction of sp³-hybridized carbons (Fsp3) is 0.727. The smallest absolute Gasteiger partial charge is 0.221 e. The number of nitrogens with one attached hydrogen (secondary N) is 1. The Bertz CT molecular complexity index is 253. The van der Waals surface area contributed by atoms with Crippen LogP contribution in [-0.4, -0.2) is 24.0 Å². The Kier molecular flexibility index (Phi) is 5.19. The molecule has 1 atom stereocenters. The molecule has 1 amide bonds. The average molecular weight is 213 g/mol. The zero-order valence-corrected chi connectivity index (χ0v) is 9.79. The molecule has 0 heterocycles. The lowest BCUT2D eigenvalue weighted by Crippen LogP contribution is -2.48. The molecule has 0 bridgehead atoms. The van der Waals surface area contributed by atoms with Crippen LogP contribution in [0.4, 0.5) is 0 Å². The van der Waals surface area contributed by atoms with Gasteiger partial charge in [-0.05, 0) is 12.3 Å². The lowest BCUT2D eigenvalue weighted by atomic mass is 9.84. The van der Waals surface area contributed by atoms with Crippen molar-refractivity contribution in [2.45, 2.75) is 46.6 Å². The van der Waals surface area contributed by atoms with Crippen LogP contribution >= 0.6 is 0 Å². The zero-order chi connectivity index (χ0) is 12.1. The highest BCUT2D eigenvalue weighted by atomic mass is 16.2. The van der Waals surface area contributed by atoms with Crippen LogP contribution in [0.1, 0.15) is 40.5 Å². The summed E-state index contributed by atoms with van der Waals surface area (Å²) in [6.45, 7) is 7.12. The highest BCUT2D eigenvalue weighted by molar-refractivity contribution is 5.88. The lowest BCUT2D eigenvalue weighted by molar-refractivity contribution is -0.129. The molecule has 0 rings (SSSR count). The van der Waals surface area contributed by atoms with Gasteiger partial charge in [0.15, 0.2) is 5.78 Å². The minimum absolute atomic E-state index is 0.0676. The van der Waals surface area contributed by atoms with E-state index in [0.717, 1.165) is 0 Å². The summed E-state index contributed by atoms with van der Waals surface area (Å²) < 4.78 is 0. The molecule has 86 valence electrons. The minimum atomic E-state index is -0.489. The van der Waals surface area contributed by atoms with Gasteiger partial charge >= 0.3 is 0 Å². The topological polar surface area (TPSA) is 63.2 Å². The van der Waals surface area contributed by atoms with E-state index >= 15 is 0 Å². The van der Waals surface area contributed by atoms with Gasteiger partial charge in [0.05, 0.1) is 6.04 Å². The first kappa shape index (κ1) is 13.8. The maximum Gasteiger partial charge on any atom is 0.221 e. The molecule has 1 unspecified atom stereocenters. The second kappa shape index (κ2) is 5.63. The standard InChI is InChI=1S/C11H19NO3/c1-8(14)10(11(2,3)4)12-9(15)6-5-7-13/h7,10H,5-6H2,1-4H3,(H,12,15). The number of carbonyl (C=O) groups is 3. The zero-order valence-electron chi connectivity index (χ0n) is 9.79. The van der Waals surface area contributed by atoms with Gasteiger partial charge in [-0.2, -0.15) is 0 Å². The third-order valence-electron chi connectivity index (χ3n) is 2.07. The number of rotatable bonds is 5. The molecule has 0 aliphatic heterocycles. The molecule has 0 spiro atoms. The first-order valence-electron chi connectivity index (χ1n) is 5.02. The van der Waals surface area contributed by atoms with Crippen molar-refractivity contribution in [1.29, 1.82) is 0 Å². The Labute approximate surface area is 90.4 Å². The van der Waals surface area contributed by atoms with Gasteiger partial charge in [-0.15, -0.1) is 0 Å². The fourth-order valence-electron chi connectivity index (χ4n) is 1.35. The van der Waals surface area contributed by atoms with E-state index in [2.05, 4.69) is 5.32 Å². The van der Waals surface area contributed by atoms with Crippen LogP contribution in [0.15, 0.2) is 0 Å². The summed E-state index contributed by atoms with van der Waals surface area (Å²) in [6, 6.07) is -0.489. The van der Waals surface area contributed by atoms with Gasteiger partial charge < -0.3 is 10.1 Å². The van der Waals surface area contributed by atoms with E-state index in [9.17, 15) is 14.4 Å². The summed E-state index contributed by atoms with van der Waals surface area (Å²) in [5.74, 6) is -0.320. The molecule has 4 heteroatoms. The normalized spacial score (nSPS) is 13.1. The van der Waals surface area contributed by atoms with Crippen molar-refractivity contribution >= 4 is 18.0 Å². The van der Waals surface area contributed by atoms with Crippen LogP contribution in [-0.2, 0) is 14.4 Å². The number of ketones is 1. The van der Waals surface area contributed by atoms with Crippen molar-refractivity contribution in [2.24, 2.45) is 5.41 Å². The molecule has 0 aromatic rings. The van der Waals surface area contributed by atoms with Gasteiger partial charge in [0.25, 0.3) is 0 Å². The number of Topliss-reactive ketones (excluding diaryl/α,β-unsaturated/α-hetero) is 1. The Morgan fingerprint density at radius 2 is 1.87 bits per heavy atom. The van der Waals surface area contributed by atoms with Crippen molar-refractivity contribution in [1.82, 2.24) is 5.32 Å².